The summed E-state index contributed by atoms with van der Waals surface area (Å²) < 4.78 is 5.63. The standard InChI is InChI=1S/C13H15BrO4/c1-7-5-8(18-2)12(17)11(14)10(7)13(3-4-13)6-9(15)16/h5,17H,3-4,6H2,1-2H3,(H,15,16). The van der Waals surface area contributed by atoms with Crippen LogP contribution in [-0.4, -0.2) is 23.3 Å². The van der Waals surface area contributed by atoms with Gasteiger partial charge in [0.25, 0.3) is 0 Å². The van der Waals surface area contributed by atoms with Crippen molar-refractivity contribution in [3.8, 4) is 11.5 Å². The van der Waals surface area contributed by atoms with E-state index in [1.807, 2.05) is 6.92 Å². The number of halogens is 1. The number of phenols is 1. The van der Waals surface area contributed by atoms with Gasteiger partial charge >= 0.3 is 5.97 Å². The Morgan fingerprint density at radius 3 is 2.61 bits per heavy atom. The summed E-state index contributed by atoms with van der Waals surface area (Å²) in [4.78, 5) is 11.0. The lowest BCUT2D eigenvalue weighted by Crippen LogP contribution is -2.15. The van der Waals surface area contributed by atoms with Crippen molar-refractivity contribution in [3.63, 3.8) is 0 Å². The summed E-state index contributed by atoms with van der Waals surface area (Å²) >= 11 is 3.37. The molecule has 0 bridgehead atoms. The summed E-state index contributed by atoms with van der Waals surface area (Å²) in [6.07, 6.45) is 1.77. The van der Waals surface area contributed by atoms with E-state index in [9.17, 15) is 9.90 Å². The van der Waals surface area contributed by atoms with E-state index in [4.69, 9.17) is 9.84 Å². The van der Waals surface area contributed by atoms with E-state index in [-0.39, 0.29) is 17.6 Å². The molecule has 1 saturated carbocycles. The zero-order chi connectivity index (χ0) is 13.5. The molecule has 2 N–H and O–H groups in total. The van der Waals surface area contributed by atoms with Crippen molar-refractivity contribution in [2.75, 3.05) is 7.11 Å². The summed E-state index contributed by atoms with van der Waals surface area (Å²) in [7, 11) is 1.49. The Hall–Kier alpha value is -1.23. The molecule has 2 rings (SSSR count). The molecule has 5 heteroatoms. The lowest BCUT2D eigenvalue weighted by Gasteiger charge is -2.20. The maximum atomic E-state index is 11.0. The third kappa shape index (κ3) is 2.07. The zero-order valence-corrected chi connectivity index (χ0v) is 11.9. The number of benzene rings is 1. The van der Waals surface area contributed by atoms with Crippen LogP contribution in [-0.2, 0) is 10.2 Å². The largest absolute Gasteiger partial charge is 0.503 e. The molecule has 0 atom stereocenters. The van der Waals surface area contributed by atoms with E-state index in [2.05, 4.69) is 15.9 Å². The highest BCUT2D eigenvalue weighted by Gasteiger charge is 2.48. The molecular weight excluding hydrogens is 300 g/mol. The molecule has 0 aliphatic heterocycles. The van der Waals surface area contributed by atoms with Crippen LogP contribution in [0.4, 0.5) is 0 Å². The summed E-state index contributed by atoms with van der Waals surface area (Å²) in [5, 5.41) is 19.0. The van der Waals surface area contributed by atoms with Crippen molar-refractivity contribution in [2.45, 2.75) is 31.6 Å². The van der Waals surface area contributed by atoms with Crippen molar-refractivity contribution in [2.24, 2.45) is 0 Å². The van der Waals surface area contributed by atoms with Gasteiger partial charge in [0, 0.05) is 5.41 Å². The Morgan fingerprint density at radius 1 is 1.56 bits per heavy atom. The normalized spacial score (nSPS) is 16.4. The predicted octanol–water partition coefficient (Wildman–Crippen LogP) is 2.98. The van der Waals surface area contributed by atoms with Gasteiger partial charge in [0.15, 0.2) is 11.5 Å². The highest BCUT2D eigenvalue weighted by Crippen LogP contribution is 2.56. The summed E-state index contributed by atoms with van der Waals surface area (Å²) in [5.74, 6) is -0.377. The predicted molar refractivity (Wildman–Crippen MR) is 70.3 cm³/mol. The number of hydrogen-bond acceptors (Lipinski definition) is 3. The Bertz CT molecular complexity index is 506. The summed E-state index contributed by atoms with van der Waals surface area (Å²) in [5.41, 5.74) is 1.50. The summed E-state index contributed by atoms with van der Waals surface area (Å²) in [6.45, 7) is 1.91. The first kappa shape index (κ1) is 13.2. The van der Waals surface area contributed by atoms with Gasteiger partial charge in [-0.25, -0.2) is 0 Å². The van der Waals surface area contributed by atoms with E-state index in [1.54, 1.807) is 6.07 Å². The maximum Gasteiger partial charge on any atom is 0.304 e. The Labute approximate surface area is 114 Å². The second-order valence-corrected chi connectivity index (χ2v) is 5.58. The smallest absolute Gasteiger partial charge is 0.304 e. The monoisotopic (exact) mass is 314 g/mol. The molecule has 0 aromatic heterocycles. The van der Waals surface area contributed by atoms with Gasteiger partial charge in [-0.1, -0.05) is 0 Å². The SMILES string of the molecule is COc1cc(C)c(C2(CC(=O)O)CC2)c(Br)c1O. The van der Waals surface area contributed by atoms with Crippen molar-refractivity contribution >= 4 is 21.9 Å². The van der Waals surface area contributed by atoms with Gasteiger partial charge in [0.2, 0.25) is 0 Å². The lowest BCUT2D eigenvalue weighted by molar-refractivity contribution is -0.137. The van der Waals surface area contributed by atoms with Crippen molar-refractivity contribution < 1.29 is 19.7 Å². The second kappa shape index (κ2) is 4.46. The third-order valence-electron chi connectivity index (χ3n) is 3.50. The maximum absolute atomic E-state index is 11.0. The van der Waals surface area contributed by atoms with E-state index in [1.165, 1.54) is 7.11 Å². The van der Waals surface area contributed by atoms with Crippen LogP contribution in [0.15, 0.2) is 10.5 Å². The van der Waals surface area contributed by atoms with Crippen molar-refractivity contribution in [3.05, 3.63) is 21.7 Å². The van der Waals surface area contributed by atoms with E-state index < -0.39 is 5.97 Å². The van der Waals surface area contributed by atoms with Crippen molar-refractivity contribution in [1.29, 1.82) is 0 Å². The zero-order valence-electron chi connectivity index (χ0n) is 10.3. The summed E-state index contributed by atoms with van der Waals surface area (Å²) in [6, 6.07) is 1.75. The Morgan fingerprint density at radius 2 is 2.17 bits per heavy atom. The quantitative estimate of drug-likeness (QED) is 0.896. The number of aromatic hydroxyl groups is 1. The number of hydrogen-bond donors (Lipinski definition) is 2. The molecule has 1 aliphatic carbocycles. The molecule has 0 spiro atoms. The Kier molecular flexibility index (Phi) is 3.27. The van der Waals surface area contributed by atoms with Gasteiger partial charge < -0.3 is 14.9 Å². The number of methoxy groups -OCH3 is 1. The van der Waals surface area contributed by atoms with Crippen LogP contribution in [0.1, 0.15) is 30.4 Å². The first-order valence-corrected chi connectivity index (χ1v) is 6.49. The Balaban J connectivity index is 2.52. The van der Waals surface area contributed by atoms with E-state index >= 15 is 0 Å². The first-order chi connectivity index (χ1) is 8.41. The second-order valence-electron chi connectivity index (χ2n) is 4.78. The van der Waals surface area contributed by atoms with Crippen LogP contribution in [0.25, 0.3) is 0 Å². The number of carboxylic acids is 1. The van der Waals surface area contributed by atoms with Gasteiger partial charge in [0.05, 0.1) is 18.0 Å². The molecule has 1 aromatic rings. The van der Waals surface area contributed by atoms with Crippen molar-refractivity contribution in [1.82, 2.24) is 0 Å². The molecule has 18 heavy (non-hydrogen) atoms. The molecule has 98 valence electrons. The number of ether oxygens (including phenoxy) is 1. The molecule has 0 unspecified atom stereocenters. The number of carboxylic acid groups (broad SMARTS) is 1. The third-order valence-corrected chi connectivity index (χ3v) is 4.27. The highest BCUT2D eigenvalue weighted by atomic mass is 79.9. The molecular formula is C13H15BrO4. The molecule has 0 radical (unpaired) electrons. The fraction of sp³-hybridized carbons (Fsp3) is 0.462. The van der Waals surface area contributed by atoms with Gasteiger partial charge in [-0.15, -0.1) is 0 Å². The molecule has 0 amide bonds. The van der Waals surface area contributed by atoms with Crippen LogP contribution >= 0.6 is 15.9 Å². The van der Waals surface area contributed by atoms with Gasteiger partial charge in [-0.2, -0.15) is 0 Å². The number of aliphatic carboxylic acids is 1. The van der Waals surface area contributed by atoms with Crippen LogP contribution in [0.5, 0.6) is 11.5 Å². The van der Waals surface area contributed by atoms with Crippen LogP contribution in [0.3, 0.4) is 0 Å². The molecule has 4 nitrogen and oxygen atoms in total. The molecule has 0 saturated heterocycles. The average Bonchev–Trinajstić information content (AvgIpc) is 3.03. The van der Waals surface area contributed by atoms with Crippen LogP contribution in [0, 0.1) is 6.92 Å². The fourth-order valence-electron chi connectivity index (χ4n) is 2.50. The van der Waals surface area contributed by atoms with Gasteiger partial charge in [-0.05, 0) is 52.9 Å². The molecule has 1 fully saturated rings. The number of rotatable bonds is 4. The lowest BCUT2D eigenvalue weighted by atomic mass is 9.88. The van der Waals surface area contributed by atoms with E-state index in [0.29, 0.717) is 10.2 Å². The minimum Gasteiger partial charge on any atom is -0.503 e. The van der Waals surface area contributed by atoms with E-state index in [0.717, 1.165) is 24.0 Å². The average molecular weight is 315 g/mol. The number of aryl methyl sites for hydroxylation is 1. The topological polar surface area (TPSA) is 66.8 Å². The fourth-order valence-corrected chi connectivity index (χ4v) is 3.43. The highest BCUT2D eigenvalue weighted by molar-refractivity contribution is 9.10. The molecule has 0 heterocycles. The molecule has 1 aromatic carbocycles. The minimum atomic E-state index is -0.811. The number of phenolic OH excluding ortho intramolecular Hbond substituents is 1. The van der Waals surface area contributed by atoms with Crippen LogP contribution < -0.4 is 4.74 Å². The van der Waals surface area contributed by atoms with Crippen LogP contribution in [0.2, 0.25) is 0 Å². The van der Waals surface area contributed by atoms with Gasteiger partial charge in [0.1, 0.15) is 0 Å². The number of carbonyl (C=O) groups is 1. The van der Waals surface area contributed by atoms with Gasteiger partial charge in [-0.3, -0.25) is 4.79 Å². The molecule has 1 aliphatic rings. The minimum absolute atomic E-state index is 0.0368. The first-order valence-electron chi connectivity index (χ1n) is 5.69.